The van der Waals surface area contributed by atoms with E-state index in [4.69, 9.17) is 4.74 Å². The molecular weight excluding hydrogens is 198 g/mol. The van der Waals surface area contributed by atoms with Crippen LogP contribution < -0.4 is 0 Å². The fraction of sp³-hybridized carbons (Fsp3) is 0.571. The Morgan fingerprint density at radius 2 is 2.06 bits per heavy atom. The highest BCUT2D eigenvalue weighted by molar-refractivity contribution is 5.15. The third-order valence-electron chi connectivity index (χ3n) is 3.53. The van der Waals surface area contributed by atoms with Crippen molar-refractivity contribution in [2.24, 2.45) is 0 Å². The Morgan fingerprint density at radius 3 is 2.69 bits per heavy atom. The minimum absolute atomic E-state index is 0.436. The smallest absolute Gasteiger partial charge is 0.0713 e. The van der Waals surface area contributed by atoms with Crippen molar-refractivity contribution in [3.63, 3.8) is 0 Å². The molecule has 0 aliphatic carbocycles. The Hall–Kier alpha value is -0.860. The summed E-state index contributed by atoms with van der Waals surface area (Å²) in [6.07, 6.45) is 2.75. The van der Waals surface area contributed by atoms with Crippen LogP contribution in [-0.4, -0.2) is 37.2 Å². The monoisotopic (exact) mass is 219 g/mol. The van der Waals surface area contributed by atoms with Crippen LogP contribution in [0.25, 0.3) is 0 Å². The quantitative estimate of drug-likeness (QED) is 0.770. The molecule has 0 aromatic heterocycles. The van der Waals surface area contributed by atoms with E-state index in [1.807, 2.05) is 7.11 Å². The molecule has 2 unspecified atom stereocenters. The topological polar surface area (TPSA) is 12.5 Å². The summed E-state index contributed by atoms with van der Waals surface area (Å²) in [5.74, 6) is 0. The molecule has 0 N–H and O–H groups in total. The van der Waals surface area contributed by atoms with Gasteiger partial charge in [-0.1, -0.05) is 30.3 Å². The molecule has 0 spiro atoms. The van der Waals surface area contributed by atoms with Crippen LogP contribution >= 0.6 is 0 Å². The number of hydrogen-bond acceptors (Lipinski definition) is 2. The zero-order chi connectivity index (χ0) is 11.4. The second kappa shape index (κ2) is 5.46. The van der Waals surface area contributed by atoms with Crippen molar-refractivity contribution in [1.29, 1.82) is 0 Å². The van der Waals surface area contributed by atoms with E-state index in [1.165, 1.54) is 12.0 Å². The molecule has 0 saturated carbocycles. The van der Waals surface area contributed by atoms with Crippen LogP contribution in [0, 0.1) is 0 Å². The first-order chi connectivity index (χ1) is 7.79. The molecule has 2 atom stereocenters. The fourth-order valence-corrected chi connectivity index (χ4v) is 2.45. The lowest BCUT2D eigenvalue weighted by molar-refractivity contribution is 0.108. The van der Waals surface area contributed by atoms with Gasteiger partial charge in [0.2, 0.25) is 0 Å². The van der Waals surface area contributed by atoms with Crippen LogP contribution in [0.3, 0.4) is 0 Å². The van der Waals surface area contributed by atoms with E-state index < -0.39 is 0 Å². The van der Waals surface area contributed by atoms with Gasteiger partial charge in [-0.05, 0) is 25.3 Å². The lowest BCUT2D eigenvalue weighted by Crippen LogP contribution is -2.30. The summed E-state index contributed by atoms with van der Waals surface area (Å²) in [7, 11) is 1.82. The van der Waals surface area contributed by atoms with E-state index in [-0.39, 0.29) is 0 Å². The molecule has 1 aliphatic heterocycles. The van der Waals surface area contributed by atoms with Crippen molar-refractivity contribution in [3.8, 4) is 0 Å². The fourth-order valence-electron chi connectivity index (χ4n) is 2.45. The molecule has 1 aromatic rings. The van der Waals surface area contributed by atoms with Gasteiger partial charge < -0.3 is 4.74 Å². The third kappa shape index (κ3) is 2.83. The number of nitrogens with zero attached hydrogens (tertiary/aromatic N) is 1. The van der Waals surface area contributed by atoms with E-state index in [2.05, 4.69) is 42.2 Å². The highest BCUT2D eigenvalue weighted by Gasteiger charge is 2.28. The average molecular weight is 219 g/mol. The Bertz CT molecular complexity index is 312. The maximum atomic E-state index is 5.42. The molecule has 16 heavy (non-hydrogen) atoms. The van der Waals surface area contributed by atoms with Gasteiger partial charge in [0.05, 0.1) is 6.10 Å². The minimum atomic E-state index is 0.436. The SMILES string of the molecule is COC1CC(C)N(CCc2ccccc2)C1. The Balaban J connectivity index is 1.82. The summed E-state index contributed by atoms with van der Waals surface area (Å²) in [4.78, 5) is 2.53. The largest absolute Gasteiger partial charge is 0.380 e. The summed E-state index contributed by atoms with van der Waals surface area (Å²) < 4.78 is 5.42. The normalized spacial score (nSPS) is 26.1. The average Bonchev–Trinajstić information content (AvgIpc) is 2.69. The maximum absolute atomic E-state index is 5.42. The van der Waals surface area contributed by atoms with Crippen molar-refractivity contribution < 1.29 is 4.74 Å². The minimum Gasteiger partial charge on any atom is -0.380 e. The summed E-state index contributed by atoms with van der Waals surface area (Å²) in [5.41, 5.74) is 1.43. The van der Waals surface area contributed by atoms with Gasteiger partial charge in [-0.25, -0.2) is 0 Å². The van der Waals surface area contributed by atoms with Gasteiger partial charge >= 0.3 is 0 Å². The number of benzene rings is 1. The molecule has 1 aromatic carbocycles. The van der Waals surface area contributed by atoms with Crippen LogP contribution in [0.2, 0.25) is 0 Å². The molecule has 2 rings (SSSR count). The van der Waals surface area contributed by atoms with Crippen LogP contribution in [-0.2, 0) is 11.2 Å². The maximum Gasteiger partial charge on any atom is 0.0713 e. The van der Waals surface area contributed by atoms with Gasteiger partial charge in [-0.15, -0.1) is 0 Å². The third-order valence-corrected chi connectivity index (χ3v) is 3.53. The number of ether oxygens (including phenoxy) is 1. The second-order valence-electron chi connectivity index (χ2n) is 4.67. The van der Waals surface area contributed by atoms with Gasteiger partial charge in [0, 0.05) is 26.2 Å². The van der Waals surface area contributed by atoms with E-state index in [9.17, 15) is 0 Å². The highest BCUT2D eigenvalue weighted by Crippen LogP contribution is 2.19. The Morgan fingerprint density at radius 1 is 1.31 bits per heavy atom. The standard InChI is InChI=1S/C14H21NO/c1-12-10-14(16-2)11-15(12)9-8-13-6-4-3-5-7-13/h3-7,12,14H,8-11H2,1-2H3. The van der Waals surface area contributed by atoms with Gasteiger partial charge in [-0.2, -0.15) is 0 Å². The van der Waals surface area contributed by atoms with E-state index in [1.54, 1.807) is 0 Å². The summed E-state index contributed by atoms with van der Waals surface area (Å²) >= 11 is 0. The molecule has 1 aliphatic rings. The van der Waals surface area contributed by atoms with E-state index >= 15 is 0 Å². The number of rotatable bonds is 4. The first-order valence-electron chi connectivity index (χ1n) is 6.10. The molecule has 0 radical (unpaired) electrons. The predicted octanol–water partition coefficient (Wildman–Crippen LogP) is 2.34. The second-order valence-corrected chi connectivity index (χ2v) is 4.67. The molecule has 1 fully saturated rings. The zero-order valence-electron chi connectivity index (χ0n) is 10.2. The van der Waals surface area contributed by atoms with Gasteiger partial charge in [0.15, 0.2) is 0 Å². The Labute approximate surface area is 98.2 Å². The molecule has 1 saturated heterocycles. The van der Waals surface area contributed by atoms with Gasteiger partial charge in [0.25, 0.3) is 0 Å². The van der Waals surface area contributed by atoms with Gasteiger partial charge in [0.1, 0.15) is 0 Å². The first-order valence-corrected chi connectivity index (χ1v) is 6.10. The predicted molar refractivity (Wildman–Crippen MR) is 66.6 cm³/mol. The van der Waals surface area contributed by atoms with Crippen LogP contribution in [0.5, 0.6) is 0 Å². The molecule has 0 bridgehead atoms. The molecular formula is C14H21NO. The lowest BCUT2D eigenvalue weighted by atomic mass is 10.1. The van der Waals surface area contributed by atoms with E-state index in [0.717, 1.165) is 19.5 Å². The van der Waals surface area contributed by atoms with Crippen molar-refractivity contribution >= 4 is 0 Å². The first kappa shape index (κ1) is 11.6. The molecule has 0 amide bonds. The van der Waals surface area contributed by atoms with Crippen molar-refractivity contribution in [3.05, 3.63) is 35.9 Å². The highest BCUT2D eigenvalue weighted by atomic mass is 16.5. The summed E-state index contributed by atoms with van der Waals surface area (Å²) in [6, 6.07) is 11.4. The molecule has 88 valence electrons. The van der Waals surface area contributed by atoms with Crippen molar-refractivity contribution in [1.82, 2.24) is 4.90 Å². The van der Waals surface area contributed by atoms with Gasteiger partial charge in [-0.3, -0.25) is 4.90 Å². The number of methoxy groups -OCH3 is 1. The molecule has 2 heteroatoms. The molecule has 2 nitrogen and oxygen atoms in total. The number of likely N-dealkylation sites (tertiary alicyclic amines) is 1. The van der Waals surface area contributed by atoms with E-state index in [0.29, 0.717) is 12.1 Å². The lowest BCUT2D eigenvalue weighted by Gasteiger charge is -2.20. The van der Waals surface area contributed by atoms with Crippen molar-refractivity contribution in [2.45, 2.75) is 31.9 Å². The van der Waals surface area contributed by atoms with Crippen LogP contribution in [0.1, 0.15) is 18.9 Å². The van der Waals surface area contributed by atoms with Crippen molar-refractivity contribution in [2.75, 3.05) is 20.2 Å². The number of hydrogen-bond donors (Lipinski definition) is 0. The summed E-state index contributed by atoms with van der Waals surface area (Å²) in [5, 5.41) is 0. The van der Waals surface area contributed by atoms with Crippen LogP contribution in [0.15, 0.2) is 30.3 Å². The molecule has 1 heterocycles. The Kier molecular flexibility index (Phi) is 3.97. The zero-order valence-corrected chi connectivity index (χ0v) is 10.2. The summed E-state index contributed by atoms with van der Waals surface area (Å²) in [6.45, 7) is 4.53. The van der Waals surface area contributed by atoms with Crippen LogP contribution in [0.4, 0.5) is 0 Å².